The lowest BCUT2D eigenvalue weighted by Crippen LogP contribution is -2.38. The highest BCUT2D eigenvalue weighted by molar-refractivity contribution is 5.85. The standard InChI is InChI=1S/C17H21N3O3.ClH/c1-12-5-2-3-6-13(12)9-15-18-16(23-19-15)11-20-8-4-7-14(10-20)17(21)22;/h2-3,5-6,14H,4,7-11H2,1H3,(H,21,22);1H. The lowest BCUT2D eigenvalue weighted by Gasteiger charge is -2.29. The quantitative estimate of drug-likeness (QED) is 0.892. The van der Waals surface area contributed by atoms with Gasteiger partial charge in [-0.3, -0.25) is 9.69 Å². The summed E-state index contributed by atoms with van der Waals surface area (Å²) < 4.78 is 5.32. The van der Waals surface area contributed by atoms with Crippen molar-refractivity contribution in [3.8, 4) is 0 Å². The van der Waals surface area contributed by atoms with E-state index in [0.29, 0.717) is 31.2 Å². The van der Waals surface area contributed by atoms with E-state index in [-0.39, 0.29) is 18.3 Å². The Bertz CT molecular complexity index is 689. The number of carboxylic acid groups (broad SMARTS) is 1. The van der Waals surface area contributed by atoms with Crippen LogP contribution in [-0.2, 0) is 17.8 Å². The van der Waals surface area contributed by atoms with Gasteiger partial charge in [-0.05, 0) is 37.4 Å². The SMILES string of the molecule is Cc1ccccc1Cc1noc(CN2CCCC(C(=O)O)C2)n1.Cl. The van der Waals surface area contributed by atoms with Crippen molar-refractivity contribution in [3.05, 3.63) is 47.1 Å². The predicted molar refractivity (Wildman–Crippen MR) is 91.2 cm³/mol. The summed E-state index contributed by atoms with van der Waals surface area (Å²) in [6.45, 7) is 4.00. The lowest BCUT2D eigenvalue weighted by atomic mass is 9.98. The number of benzene rings is 1. The fourth-order valence-electron chi connectivity index (χ4n) is 3.00. The minimum atomic E-state index is -0.722. The van der Waals surface area contributed by atoms with Gasteiger partial charge < -0.3 is 9.63 Å². The minimum Gasteiger partial charge on any atom is -0.481 e. The topological polar surface area (TPSA) is 79.5 Å². The molecule has 7 heteroatoms. The maximum Gasteiger partial charge on any atom is 0.307 e. The van der Waals surface area contributed by atoms with Crippen LogP contribution in [0.4, 0.5) is 0 Å². The Morgan fingerprint density at radius 3 is 2.96 bits per heavy atom. The molecule has 1 saturated heterocycles. The molecule has 1 fully saturated rings. The van der Waals surface area contributed by atoms with Crippen molar-refractivity contribution in [1.29, 1.82) is 0 Å². The van der Waals surface area contributed by atoms with Crippen LogP contribution in [0.25, 0.3) is 0 Å². The Morgan fingerprint density at radius 2 is 2.21 bits per heavy atom. The highest BCUT2D eigenvalue weighted by Gasteiger charge is 2.26. The van der Waals surface area contributed by atoms with E-state index in [9.17, 15) is 4.79 Å². The molecular weight excluding hydrogens is 330 g/mol. The Balaban J connectivity index is 0.00000208. The van der Waals surface area contributed by atoms with Crippen LogP contribution >= 0.6 is 12.4 Å². The Kier molecular flexibility index (Phi) is 6.34. The minimum absolute atomic E-state index is 0. The first-order valence-corrected chi connectivity index (χ1v) is 7.93. The largest absolute Gasteiger partial charge is 0.481 e. The number of halogens is 1. The van der Waals surface area contributed by atoms with Gasteiger partial charge in [0.15, 0.2) is 5.82 Å². The molecule has 1 N–H and O–H groups in total. The summed E-state index contributed by atoms with van der Waals surface area (Å²) >= 11 is 0. The van der Waals surface area contributed by atoms with E-state index in [1.165, 1.54) is 11.1 Å². The predicted octanol–water partition coefficient (Wildman–Crippen LogP) is 2.69. The van der Waals surface area contributed by atoms with Gasteiger partial charge in [0.2, 0.25) is 5.89 Å². The first-order chi connectivity index (χ1) is 11.1. The summed E-state index contributed by atoms with van der Waals surface area (Å²) in [4.78, 5) is 17.6. The molecule has 0 radical (unpaired) electrons. The Hall–Kier alpha value is -1.92. The third-order valence-corrected chi connectivity index (χ3v) is 4.33. The van der Waals surface area contributed by atoms with E-state index >= 15 is 0 Å². The van der Waals surface area contributed by atoms with E-state index in [2.05, 4.69) is 34.1 Å². The highest BCUT2D eigenvalue weighted by atomic mass is 35.5. The molecule has 130 valence electrons. The van der Waals surface area contributed by atoms with Crippen LogP contribution in [0.5, 0.6) is 0 Å². The van der Waals surface area contributed by atoms with Gasteiger partial charge in [-0.25, -0.2) is 0 Å². The maximum absolute atomic E-state index is 11.1. The summed E-state index contributed by atoms with van der Waals surface area (Å²) in [5.41, 5.74) is 2.39. The number of likely N-dealkylation sites (tertiary alicyclic amines) is 1. The third kappa shape index (κ3) is 4.55. The normalized spacial score (nSPS) is 18.1. The molecule has 1 unspecified atom stereocenters. The monoisotopic (exact) mass is 351 g/mol. The zero-order valence-corrected chi connectivity index (χ0v) is 14.5. The number of rotatable bonds is 5. The van der Waals surface area contributed by atoms with Crippen molar-refractivity contribution in [2.24, 2.45) is 5.92 Å². The van der Waals surface area contributed by atoms with Gasteiger partial charge in [-0.1, -0.05) is 29.4 Å². The molecule has 0 spiro atoms. The molecule has 24 heavy (non-hydrogen) atoms. The average Bonchev–Trinajstić information content (AvgIpc) is 2.97. The molecule has 2 aromatic rings. The van der Waals surface area contributed by atoms with Crippen molar-refractivity contribution in [3.63, 3.8) is 0 Å². The van der Waals surface area contributed by atoms with Gasteiger partial charge in [0, 0.05) is 13.0 Å². The maximum atomic E-state index is 11.1. The first-order valence-electron chi connectivity index (χ1n) is 7.93. The first kappa shape index (κ1) is 18.4. The number of nitrogens with zero attached hydrogens (tertiary/aromatic N) is 3. The number of aromatic nitrogens is 2. The summed E-state index contributed by atoms with van der Waals surface area (Å²) in [5, 5.41) is 13.2. The molecule has 2 heterocycles. The summed E-state index contributed by atoms with van der Waals surface area (Å²) in [6, 6.07) is 8.14. The Morgan fingerprint density at radius 1 is 1.42 bits per heavy atom. The number of hydrogen-bond acceptors (Lipinski definition) is 5. The molecule has 6 nitrogen and oxygen atoms in total. The summed E-state index contributed by atoms with van der Waals surface area (Å²) in [5.74, 6) is 0.208. The second kappa shape index (κ2) is 8.26. The fourth-order valence-corrected chi connectivity index (χ4v) is 3.00. The van der Waals surface area contributed by atoms with E-state index in [1.54, 1.807) is 0 Å². The molecule has 1 aliphatic heterocycles. The van der Waals surface area contributed by atoms with Crippen molar-refractivity contribution in [2.45, 2.75) is 32.7 Å². The number of aryl methyl sites for hydroxylation is 1. The van der Waals surface area contributed by atoms with Crippen LogP contribution < -0.4 is 0 Å². The molecule has 3 rings (SSSR count). The second-order valence-corrected chi connectivity index (χ2v) is 6.12. The zero-order chi connectivity index (χ0) is 16.2. The van der Waals surface area contributed by atoms with Crippen LogP contribution in [0, 0.1) is 12.8 Å². The molecular formula is C17H22ClN3O3. The van der Waals surface area contributed by atoms with Crippen molar-refractivity contribution >= 4 is 18.4 Å². The molecule has 1 aromatic carbocycles. The van der Waals surface area contributed by atoms with Crippen molar-refractivity contribution in [2.75, 3.05) is 13.1 Å². The molecule has 0 bridgehead atoms. The van der Waals surface area contributed by atoms with Crippen LogP contribution in [0.2, 0.25) is 0 Å². The molecule has 1 aliphatic rings. The zero-order valence-electron chi connectivity index (χ0n) is 13.6. The summed E-state index contributed by atoms with van der Waals surface area (Å²) in [7, 11) is 0. The smallest absolute Gasteiger partial charge is 0.307 e. The molecule has 0 amide bonds. The molecule has 0 aliphatic carbocycles. The highest BCUT2D eigenvalue weighted by Crippen LogP contribution is 2.19. The van der Waals surface area contributed by atoms with Gasteiger partial charge >= 0.3 is 5.97 Å². The lowest BCUT2D eigenvalue weighted by molar-refractivity contribution is -0.143. The number of piperidine rings is 1. The van der Waals surface area contributed by atoms with E-state index in [0.717, 1.165) is 19.4 Å². The summed E-state index contributed by atoms with van der Waals surface area (Å²) in [6.07, 6.45) is 2.28. The molecule has 0 saturated carbocycles. The van der Waals surface area contributed by atoms with Crippen LogP contribution in [0.15, 0.2) is 28.8 Å². The van der Waals surface area contributed by atoms with E-state index in [4.69, 9.17) is 9.63 Å². The van der Waals surface area contributed by atoms with Gasteiger partial charge in [0.1, 0.15) is 0 Å². The fraction of sp³-hybridized carbons (Fsp3) is 0.471. The van der Waals surface area contributed by atoms with Gasteiger partial charge in [-0.2, -0.15) is 4.98 Å². The van der Waals surface area contributed by atoms with Gasteiger partial charge in [0.05, 0.1) is 12.5 Å². The van der Waals surface area contributed by atoms with Crippen LogP contribution in [0.3, 0.4) is 0 Å². The number of carbonyl (C=O) groups is 1. The van der Waals surface area contributed by atoms with Crippen molar-refractivity contribution in [1.82, 2.24) is 15.0 Å². The number of carboxylic acids is 1. The molecule has 1 aromatic heterocycles. The second-order valence-electron chi connectivity index (χ2n) is 6.12. The van der Waals surface area contributed by atoms with E-state index in [1.807, 2.05) is 12.1 Å². The number of aliphatic carboxylic acids is 1. The molecule has 1 atom stereocenters. The van der Waals surface area contributed by atoms with Crippen LogP contribution in [-0.4, -0.2) is 39.2 Å². The number of hydrogen-bond donors (Lipinski definition) is 1. The van der Waals surface area contributed by atoms with Gasteiger partial charge in [0.25, 0.3) is 0 Å². The van der Waals surface area contributed by atoms with Crippen LogP contribution in [0.1, 0.15) is 35.7 Å². The Labute approximate surface area is 147 Å². The van der Waals surface area contributed by atoms with Crippen molar-refractivity contribution < 1.29 is 14.4 Å². The average molecular weight is 352 g/mol. The third-order valence-electron chi connectivity index (χ3n) is 4.33. The van der Waals surface area contributed by atoms with Gasteiger partial charge in [-0.15, -0.1) is 12.4 Å². The van der Waals surface area contributed by atoms with E-state index < -0.39 is 5.97 Å².